The average molecular weight is 472 g/mol. The molecule has 3 heterocycles. The molecule has 0 fully saturated rings. The lowest BCUT2D eigenvalue weighted by molar-refractivity contribution is 1.24. The van der Waals surface area contributed by atoms with Gasteiger partial charge in [-0.2, -0.15) is 0 Å². The van der Waals surface area contributed by atoms with E-state index in [0.29, 0.717) is 0 Å². The predicted octanol–water partition coefficient (Wildman–Crippen LogP) is 8.46. The monoisotopic (exact) mass is 471 g/mol. The van der Waals surface area contributed by atoms with E-state index >= 15 is 0 Å². The van der Waals surface area contributed by atoms with Crippen molar-refractivity contribution < 1.29 is 0 Å². The number of hydrogen-bond donors (Lipinski definition) is 0. The minimum Gasteiger partial charge on any atom is -0.236 e. The van der Waals surface area contributed by atoms with Crippen molar-refractivity contribution in [3.05, 3.63) is 103 Å². The van der Waals surface area contributed by atoms with Gasteiger partial charge in [-0.3, -0.25) is 0 Å². The number of fused-ring (bicyclic) bond motifs is 4. The van der Waals surface area contributed by atoms with Gasteiger partial charge in [0.15, 0.2) is 5.82 Å². The third-order valence-corrected chi connectivity index (χ3v) is 8.18. The fourth-order valence-corrected chi connectivity index (χ4v) is 6.41. The van der Waals surface area contributed by atoms with Gasteiger partial charge in [0.2, 0.25) is 0 Å². The molecule has 0 saturated heterocycles. The highest BCUT2D eigenvalue weighted by Crippen LogP contribution is 2.39. The molecule has 0 unspecified atom stereocenters. The summed E-state index contributed by atoms with van der Waals surface area (Å²) < 4.78 is 3.54. The summed E-state index contributed by atoms with van der Waals surface area (Å²) in [6, 6.07) is 35.5. The molecular weight excluding hydrogens is 454 g/mol. The zero-order chi connectivity index (χ0) is 22.5. The second-order valence-corrected chi connectivity index (χ2v) is 10.2. The van der Waals surface area contributed by atoms with E-state index in [4.69, 9.17) is 15.0 Å². The van der Waals surface area contributed by atoms with Gasteiger partial charge < -0.3 is 0 Å². The van der Waals surface area contributed by atoms with Crippen LogP contribution in [0.1, 0.15) is 0 Å². The van der Waals surface area contributed by atoms with E-state index in [2.05, 4.69) is 91.0 Å². The van der Waals surface area contributed by atoms with Gasteiger partial charge >= 0.3 is 0 Å². The van der Waals surface area contributed by atoms with Crippen LogP contribution in [0.15, 0.2) is 103 Å². The Balaban J connectivity index is 1.45. The minimum absolute atomic E-state index is 0.734. The summed E-state index contributed by atoms with van der Waals surface area (Å²) in [5.41, 5.74) is 6.19. The maximum atomic E-state index is 5.10. The SMILES string of the molecule is c1ccc(-c2nc(-c3cccc(-c4nc5ccccc5s4)c3)nc3c2sc2ccccc23)cc1. The van der Waals surface area contributed by atoms with Crippen LogP contribution in [0, 0.1) is 0 Å². The van der Waals surface area contributed by atoms with Gasteiger partial charge in [0.05, 0.1) is 26.1 Å². The highest BCUT2D eigenvalue weighted by atomic mass is 32.1. The van der Waals surface area contributed by atoms with Gasteiger partial charge in [-0.1, -0.05) is 78.9 Å². The van der Waals surface area contributed by atoms with Gasteiger partial charge in [-0.05, 0) is 24.3 Å². The number of hydrogen-bond acceptors (Lipinski definition) is 5. The van der Waals surface area contributed by atoms with E-state index in [0.717, 1.165) is 48.9 Å². The molecule has 7 rings (SSSR count). The molecular formula is C29H17N3S2. The topological polar surface area (TPSA) is 38.7 Å². The van der Waals surface area contributed by atoms with E-state index in [1.165, 1.54) is 14.8 Å². The van der Waals surface area contributed by atoms with Crippen molar-refractivity contribution in [2.75, 3.05) is 0 Å². The normalized spacial score (nSPS) is 11.5. The Morgan fingerprint density at radius 1 is 0.529 bits per heavy atom. The Labute approximate surface area is 204 Å². The zero-order valence-electron chi connectivity index (χ0n) is 18.0. The first-order chi connectivity index (χ1) is 16.8. The molecule has 3 nitrogen and oxygen atoms in total. The van der Waals surface area contributed by atoms with Crippen LogP contribution in [0.3, 0.4) is 0 Å². The molecule has 0 radical (unpaired) electrons. The number of benzene rings is 4. The van der Waals surface area contributed by atoms with Gasteiger partial charge in [-0.25, -0.2) is 15.0 Å². The molecule has 0 spiro atoms. The summed E-state index contributed by atoms with van der Waals surface area (Å²) in [5, 5.41) is 2.18. The van der Waals surface area contributed by atoms with Crippen molar-refractivity contribution in [1.82, 2.24) is 15.0 Å². The molecule has 0 bridgehead atoms. The molecule has 0 amide bonds. The molecule has 34 heavy (non-hydrogen) atoms. The van der Waals surface area contributed by atoms with E-state index < -0.39 is 0 Å². The maximum absolute atomic E-state index is 5.10. The largest absolute Gasteiger partial charge is 0.236 e. The highest BCUT2D eigenvalue weighted by Gasteiger charge is 2.17. The predicted molar refractivity (Wildman–Crippen MR) is 144 cm³/mol. The van der Waals surface area contributed by atoms with Crippen molar-refractivity contribution >= 4 is 53.2 Å². The summed E-state index contributed by atoms with van der Waals surface area (Å²) in [6.07, 6.45) is 0. The lowest BCUT2D eigenvalue weighted by Crippen LogP contribution is -1.93. The van der Waals surface area contributed by atoms with Gasteiger partial charge in [0.25, 0.3) is 0 Å². The lowest BCUT2D eigenvalue weighted by Gasteiger charge is -2.08. The maximum Gasteiger partial charge on any atom is 0.160 e. The van der Waals surface area contributed by atoms with Crippen LogP contribution < -0.4 is 0 Å². The molecule has 0 saturated carbocycles. The van der Waals surface area contributed by atoms with Crippen LogP contribution >= 0.6 is 22.7 Å². The average Bonchev–Trinajstić information content (AvgIpc) is 3.50. The minimum atomic E-state index is 0.734. The van der Waals surface area contributed by atoms with E-state index in [-0.39, 0.29) is 0 Å². The first-order valence-corrected chi connectivity index (χ1v) is 12.7. The Morgan fingerprint density at radius 3 is 2.15 bits per heavy atom. The summed E-state index contributed by atoms with van der Waals surface area (Å²) in [7, 11) is 0. The van der Waals surface area contributed by atoms with Crippen LogP contribution in [-0.2, 0) is 0 Å². The highest BCUT2D eigenvalue weighted by molar-refractivity contribution is 7.26. The third-order valence-electron chi connectivity index (χ3n) is 5.93. The van der Waals surface area contributed by atoms with Crippen LogP contribution in [0.25, 0.3) is 63.7 Å². The molecule has 0 atom stereocenters. The number of thiazole rings is 1. The van der Waals surface area contributed by atoms with Gasteiger partial charge in [0, 0.05) is 26.8 Å². The number of thiophene rings is 1. The molecule has 0 aliphatic rings. The third kappa shape index (κ3) is 3.21. The van der Waals surface area contributed by atoms with Gasteiger partial charge in [-0.15, -0.1) is 22.7 Å². The number of rotatable bonds is 3. The summed E-state index contributed by atoms with van der Waals surface area (Å²) in [4.78, 5) is 15.0. The number of aromatic nitrogens is 3. The van der Waals surface area contributed by atoms with Crippen molar-refractivity contribution in [2.24, 2.45) is 0 Å². The summed E-state index contributed by atoms with van der Waals surface area (Å²) in [6.45, 7) is 0. The first kappa shape index (κ1) is 19.5. The fraction of sp³-hybridized carbons (Fsp3) is 0. The van der Waals surface area contributed by atoms with Crippen molar-refractivity contribution in [2.45, 2.75) is 0 Å². The van der Waals surface area contributed by atoms with Crippen molar-refractivity contribution in [3.8, 4) is 33.2 Å². The van der Waals surface area contributed by atoms with E-state index in [9.17, 15) is 0 Å². The standard InChI is InChI=1S/C29H17N3S2/c1-2-9-18(10-3-1)25-27-26(21-13-4-6-15-23(21)33-27)32-28(31-25)19-11-8-12-20(17-19)29-30-22-14-5-7-16-24(22)34-29/h1-17H. The Morgan fingerprint density at radius 2 is 1.26 bits per heavy atom. The van der Waals surface area contributed by atoms with Crippen molar-refractivity contribution in [1.29, 1.82) is 0 Å². The molecule has 5 heteroatoms. The zero-order valence-corrected chi connectivity index (χ0v) is 19.6. The summed E-state index contributed by atoms with van der Waals surface area (Å²) in [5.74, 6) is 0.734. The van der Waals surface area contributed by atoms with Crippen LogP contribution in [0.4, 0.5) is 0 Å². The number of nitrogens with zero attached hydrogens (tertiary/aromatic N) is 3. The molecule has 160 valence electrons. The second-order valence-electron chi connectivity index (χ2n) is 8.11. The summed E-state index contributed by atoms with van der Waals surface area (Å²) >= 11 is 3.47. The quantitative estimate of drug-likeness (QED) is 0.259. The first-order valence-electron chi connectivity index (χ1n) is 11.0. The lowest BCUT2D eigenvalue weighted by atomic mass is 10.1. The number of para-hydroxylation sites is 1. The van der Waals surface area contributed by atoms with E-state index in [1.54, 1.807) is 22.7 Å². The smallest absolute Gasteiger partial charge is 0.160 e. The Bertz CT molecular complexity index is 1780. The fourth-order valence-electron chi connectivity index (χ4n) is 4.30. The molecule has 0 aliphatic heterocycles. The molecule has 0 aliphatic carbocycles. The molecule has 0 N–H and O–H groups in total. The van der Waals surface area contributed by atoms with Crippen LogP contribution in [0.5, 0.6) is 0 Å². The van der Waals surface area contributed by atoms with Crippen LogP contribution in [-0.4, -0.2) is 15.0 Å². The molecule has 3 aromatic heterocycles. The van der Waals surface area contributed by atoms with Gasteiger partial charge in [0.1, 0.15) is 5.01 Å². The van der Waals surface area contributed by atoms with Crippen LogP contribution in [0.2, 0.25) is 0 Å². The molecule has 4 aromatic carbocycles. The Kier molecular flexibility index (Phi) is 4.50. The van der Waals surface area contributed by atoms with Crippen molar-refractivity contribution in [3.63, 3.8) is 0 Å². The molecule has 7 aromatic rings. The Hall–Kier alpha value is -3.93. The second kappa shape index (κ2) is 7.83. The van der Waals surface area contributed by atoms with E-state index in [1.807, 2.05) is 12.1 Å².